The van der Waals surface area contributed by atoms with E-state index in [2.05, 4.69) is 254 Å². The summed E-state index contributed by atoms with van der Waals surface area (Å²) in [6, 6.07) is 86.3. The summed E-state index contributed by atoms with van der Waals surface area (Å²) < 4.78 is 4.84. The Morgan fingerprint density at radius 2 is 0.667 bits per heavy atom. The molecule has 0 N–H and O–H groups in total. The highest BCUT2D eigenvalue weighted by Crippen LogP contribution is 2.63. The molecule has 0 unspecified atom stereocenters. The van der Waals surface area contributed by atoms with Crippen LogP contribution in [0.3, 0.4) is 0 Å². The van der Waals surface area contributed by atoms with Crippen molar-refractivity contribution < 1.29 is 0 Å². The van der Waals surface area contributed by atoms with Gasteiger partial charge in [-0.05, 0) is 127 Å². The Balaban J connectivity index is 1.07. The SMILES string of the molecule is CC1(C)c2ccccc2C2(c3ccc(-c4cccc5c4c4ccccc4n5-c4ccccc4)cc3-c3cc(-c4cccc5c4c4ccccc4n5-c4ccccc4)ccc32)c2ccccc21. The zero-order chi connectivity index (χ0) is 43.7. The van der Waals surface area contributed by atoms with E-state index in [0.717, 1.165) is 11.4 Å². The van der Waals surface area contributed by atoms with Crippen molar-refractivity contribution in [3.05, 3.63) is 264 Å². The summed E-state index contributed by atoms with van der Waals surface area (Å²) in [5, 5.41) is 5.06. The molecule has 310 valence electrons. The molecule has 0 aliphatic heterocycles. The molecule has 12 aromatic rings. The quantitative estimate of drug-likeness (QED) is 0.167. The van der Waals surface area contributed by atoms with E-state index in [1.54, 1.807) is 0 Å². The first kappa shape index (κ1) is 37.2. The molecule has 0 atom stereocenters. The minimum Gasteiger partial charge on any atom is -0.309 e. The molecule has 0 saturated carbocycles. The normalized spacial score (nSPS) is 14.2. The molecule has 0 bridgehead atoms. The minimum absolute atomic E-state index is 0.174. The Morgan fingerprint density at radius 1 is 0.288 bits per heavy atom. The topological polar surface area (TPSA) is 9.86 Å². The highest BCUT2D eigenvalue weighted by molar-refractivity contribution is 6.17. The fourth-order valence-electron chi connectivity index (χ4n) is 12.5. The van der Waals surface area contributed by atoms with E-state index in [4.69, 9.17) is 0 Å². The van der Waals surface area contributed by atoms with Gasteiger partial charge in [0.1, 0.15) is 0 Å². The van der Waals surface area contributed by atoms with Gasteiger partial charge in [-0.15, -0.1) is 0 Å². The predicted molar refractivity (Wildman–Crippen MR) is 275 cm³/mol. The third-order valence-electron chi connectivity index (χ3n) is 15.2. The second-order valence-electron chi connectivity index (χ2n) is 18.8. The summed E-state index contributed by atoms with van der Waals surface area (Å²) in [7, 11) is 0. The van der Waals surface area contributed by atoms with Crippen molar-refractivity contribution in [1.29, 1.82) is 0 Å². The van der Waals surface area contributed by atoms with Crippen LogP contribution in [0.2, 0.25) is 0 Å². The Hall–Kier alpha value is -8.20. The third-order valence-corrected chi connectivity index (χ3v) is 15.2. The van der Waals surface area contributed by atoms with Gasteiger partial charge in [-0.1, -0.05) is 184 Å². The maximum absolute atomic E-state index is 2.52. The van der Waals surface area contributed by atoms with E-state index >= 15 is 0 Å². The minimum atomic E-state index is -0.505. The Kier molecular flexibility index (Phi) is 7.70. The van der Waals surface area contributed by atoms with Crippen LogP contribution in [-0.4, -0.2) is 9.13 Å². The van der Waals surface area contributed by atoms with Crippen molar-refractivity contribution in [2.24, 2.45) is 0 Å². The van der Waals surface area contributed by atoms with Crippen LogP contribution in [0.4, 0.5) is 0 Å². The lowest BCUT2D eigenvalue weighted by atomic mass is 9.55. The molecule has 66 heavy (non-hydrogen) atoms. The van der Waals surface area contributed by atoms with Crippen LogP contribution in [0.1, 0.15) is 47.2 Å². The van der Waals surface area contributed by atoms with E-state index < -0.39 is 5.41 Å². The summed E-state index contributed by atoms with van der Waals surface area (Å²) in [4.78, 5) is 0. The standard InChI is InChI=1S/C64H44N2/c1-63(2)53-27-11-13-29-55(53)64(56-30-14-12-28-54(56)63)51-37-35-41(45-25-17-33-59-61(45)47-23-9-15-31-57(47)65(59)43-19-5-3-6-20-43)39-49(51)50-40-42(36-38-52(50)64)46-26-18-34-60-62(46)48-24-10-16-32-58(48)66(60)44-21-7-4-8-22-44/h3-40H,1-2H3. The van der Waals surface area contributed by atoms with Gasteiger partial charge in [0.05, 0.1) is 27.5 Å². The van der Waals surface area contributed by atoms with Crippen LogP contribution in [0, 0.1) is 0 Å². The van der Waals surface area contributed by atoms with Gasteiger partial charge >= 0.3 is 0 Å². The van der Waals surface area contributed by atoms with Gasteiger partial charge < -0.3 is 9.13 Å². The summed E-state index contributed by atoms with van der Waals surface area (Å²) >= 11 is 0. The van der Waals surface area contributed by atoms with E-state index in [-0.39, 0.29) is 5.41 Å². The summed E-state index contributed by atoms with van der Waals surface area (Å²) in [5.41, 5.74) is 22.2. The van der Waals surface area contributed by atoms with Crippen molar-refractivity contribution >= 4 is 43.6 Å². The lowest BCUT2D eigenvalue weighted by molar-refractivity contribution is 0.563. The zero-order valence-corrected chi connectivity index (χ0v) is 36.8. The van der Waals surface area contributed by atoms with Crippen LogP contribution in [0.25, 0.3) is 88.4 Å². The first-order valence-corrected chi connectivity index (χ1v) is 23.2. The molecular weight excluding hydrogens is 797 g/mol. The molecule has 0 fully saturated rings. The Morgan fingerprint density at radius 3 is 1.12 bits per heavy atom. The fourth-order valence-corrected chi connectivity index (χ4v) is 12.5. The molecule has 0 saturated heterocycles. The Labute approximate surface area is 384 Å². The average Bonchev–Trinajstić information content (AvgIpc) is 4.00. The Bertz CT molecular complexity index is 3700. The molecule has 14 rings (SSSR count). The molecule has 2 aliphatic rings. The number of hydrogen-bond donors (Lipinski definition) is 0. The van der Waals surface area contributed by atoms with Crippen LogP contribution in [-0.2, 0) is 10.8 Å². The molecule has 10 aromatic carbocycles. The van der Waals surface area contributed by atoms with Crippen LogP contribution in [0.15, 0.2) is 231 Å². The highest BCUT2D eigenvalue weighted by Gasteiger charge is 2.53. The largest absolute Gasteiger partial charge is 0.309 e. The lowest BCUT2D eigenvalue weighted by Gasteiger charge is -2.46. The van der Waals surface area contributed by atoms with Crippen molar-refractivity contribution in [3.63, 3.8) is 0 Å². The second-order valence-corrected chi connectivity index (χ2v) is 18.8. The third kappa shape index (κ3) is 4.85. The number of fused-ring (bicyclic) bond motifs is 15. The van der Waals surface area contributed by atoms with Gasteiger partial charge in [0, 0.05) is 38.3 Å². The number of aromatic nitrogens is 2. The zero-order valence-electron chi connectivity index (χ0n) is 36.8. The van der Waals surface area contributed by atoms with Gasteiger partial charge in [0.15, 0.2) is 0 Å². The smallest absolute Gasteiger partial charge is 0.0719 e. The van der Waals surface area contributed by atoms with Gasteiger partial charge in [-0.2, -0.15) is 0 Å². The summed E-state index contributed by atoms with van der Waals surface area (Å²) in [6.07, 6.45) is 0. The maximum Gasteiger partial charge on any atom is 0.0719 e. The van der Waals surface area contributed by atoms with Crippen molar-refractivity contribution in [2.75, 3.05) is 0 Å². The van der Waals surface area contributed by atoms with E-state index in [1.165, 1.54) is 110 Å². The maximum atomic E-state index is 2.52. The van der Waals surface area contributed by atoms with Gasteiger partial charge in [0.2, 0.25) is 0 Å². The molecule has 0 radical (unpaired) electrons. The first-order valence-electron chi connectivity index (χ1n) is 23.2. The molecule has 2 heteroatoms. The molecule has 2 aliphatic carbocycles. The first-order chi connectivity index (χ1) is 32.5. The average molecular weight is 841 g/mol. The summed E-state index contributed by atoms with van der Waals surface area (Å²) in [5.74, 6) is 0. The number of para-hydroxylation sites is 4. The van der Waals surface area contributed by atoms with Crippen molar-refractivity contribution in [2.45, 2.75) is 24.7 Å². The molecule has 2 aromatic heterocycles. The summed E-state index contributed by atoms with van der Waals surface area (Å²) in [6.45, 7) is 4.80. The van der Waals surface area contributed by atoms with Crippen LogP contribution in [0.5, 0.6) is 0 Å². The molecule has 2 heterocycles. The van der Waals surface area contributed by atoms with E-state index in [0.29, 0.717) is 0 Å². The number of benzene rings is 10. The molecule has 2 nitrogen and oxygen atoms in total. The lowest BCUT2D eigenvalue weighted by Crippen LogP contribution is -2.40. The molecular formula is C64H44N2. The predicted octanol–water partition coefficient (Wildman–Crippen LogP) is 16.2. The number of hydrogen-bond acceptors (Lipinski definition) is 0. The van der Waals surface area contributed by atoms with E-state index in [1.807, 2.05) is 0 Å². The van der Waals surface area contributed by atoms with Crippen LogP contribution < -0.4 is 0 Å². The van der Waals surface area contributed by atoms with Gasteiger partial charge in [0.25, 0.3) is 0 Å². The van der Waals surface area contributed by atoms with Gasteiger partial charge in [-0.25, -0.2) is 0 Å². The highest BCUT2D eigenvalue weighted by atomic mass is 15.0. The second kappa shape index (κ2) is 13.7. The molecule has 0 amide bonds. The van der Waals surface area contributed by atoms with Crippen molar-refractivity contribution in [3.8, 4) is 44.8 Å². The van der Waals surface area contributed by atoms with Gasteiger partial charge in [-0.3, -0.25) is 0 Å². The number of rotatable bonds is 4. The van der Waals surface area contributed by atoms with E-state index in [9.17, 15) is 0 Å². The monoisotopic (exact) mass is 840 g/mol. The molecule has 1 spiro atoms. The fraction of sp³-hybridized carbons (Fsp3) is 0.0625. The number of nitrogens with zero attached hydrogens (tertiary/aromatic N) is 2. The van der Waals surface area contributed by atoms with Crippen molar-refractivity contribution in [1.82, 2.24) is 9.13 Å². The van der Waals surface area contributed by atoms with Crippen LogP contribution >= 0.6 is 0 Å².